The molecule has 1 aromatic carbocycles. The molecule has 2 rings (SSSR count). The average Bonchev–Trinajstić information content (AvgIpc) is 2.87. The van der Waals surface area contributed by atoms with Crippen molar-refractivity contribution in [2.24, 2.45) is 5.73 Å². The Morgan fingerprint density at radius 1 is 1.32 bits per heavy atom. The molecule has 5 nitrogen and oxygen atoms in total. The largest absolute Gasteiger partial charge is 0.369 e. The van der Waals surface area contributed by atoms with Crippen molar-refractivity contribution in [1.82, 2.24) is 14.8 Å². The number of primary amides is 1. The van der Waals surface area contributed by atoms with Crippen molar-refractivity contribution in [2.75, 3.05) is 5.75 Å². The van der Waals surface area contributed by atoms with Crippen molar-refractivity contribution in [1.29, 1.82) is 0 Å². The Kier molecular flexibility index (Phi) is 6.09. The fraction of sp³-hybridized carbons (Fsp3) is 0.267. The van der Waals surface area contributed by atoms with Crippen molar-refractivity contribution in [2.45, 2.75) is 29.3 Å². The van der Waals surface area contributed by atoms with Crippen LogP contribution in [0.15, 0.2) is 47.0 Å². The quantitative estimate of drug-likeness (QED) is 0.593. The molecule has 0 atom stereocenters. The zero-order valence-electron chi connectivity index (χ0n) is 12.4. The zero-order chi connectivity index (χ0) is 15.9. The van der Waals surface area contributed by atoms with Crippen LogP contribution in [-0.4, -0.2) is 26.4 Å². The summed E-state index contributed by atoms with van der Waals surface area (Å²) in [5, 5.41) is 9.05. The molecule has 0 unspecified atom stereocenters. The van der Waals surface area contributed by atoms with Crippen molar-refractivity contribution < 1.29 is 4.79 Å². The molecular formula is C15H18N4OS2. The number of carbonyl (C=O) groups is 1. The first-order valence-corrected chi connectivity index (χ1v) is 8.71. The second kappa shape index (κ2) is 8.05. The van der Waals surface area contributed by atoms with Gasteiger partial charge in [0.05, 0.1) is 11.5 Å². The average molecular weight is 334 g/mol. The van der Waals surface area contributed by atoms with Crippen LogP contribution in [0.3, 0.4) is 0 Å². The fourth-order valence-corrected chi connectivity index (χ4v) is 3.31. The Labute approximate surface area is 138 Å². The summed E-state index contributed by atoms with van der Waals surface area (Å²) in [5.41, 5.74) is 6.42. The maximum Gasteiger partial charge on any atom is 0.227 e. The summed E-state index contributed by atoms with van der Waals surface area (Å²) < 4.78 is 1.96. The summed E-state index contributed by atoms with van der Waals surface area (Å²) in [7, 11) is 0. The molecular weight excluding hydrogens is 316 g/mol. The van der Waals surface area contributed by atoms with Gasteiger partial charge in [0.1, 0.15) is 5.82 Å². The van der Waals surface area contributed by atoms with Gasteiger partial charge in [0.15, 0.2) is 5.16 Å². The van der Waals surface area contributed by atoms with Gasteiger partial charge in [-0.3, -0.25) is 4.79 Å². The van der Waals surface area contributed by atoms with E-state index in [0.717, 1.165) is 5.82 Å². The third kappa shape index (κ3) is 4.64. The van der Waals surface area contributed by atoms with Crippen LogP contribution in [0.2, 0.25) is 0 Å². The number of nitrogens with two attached hydrogens (primary N) is 1. The van der Waals surface area contributed by atoms with E-state index in [2.05, 4.69) is 48.0 Å². The number of thioether (sulfide) groups is 2. The summed E-state index contributed by atoms with van der Waals surface area (Å²) in [6, 6.07) is 8.36. The molecule has 22 heavy (non-hydrogen) atoms. The Balaban J connectivity index is 2.07. The first kappa shape index (κ1) is 16.6. The maximum atomic E-state index is 10.9. The van der Waals surface area contributed by atoms with Gasteiger partial charge in [-0.1, -0.05) is 35.5 Å². The van der Waals surface area contributed by atoms with Gasteiger partial charge in [-0.2, -0.15) is 0 Å². The van der Waals surface area contributed by atoms with Crippen molar-refractivity contribution in [3.63, 3.8) is 0 Å². The van der Waals surface area contributed by atoms with Crippen LogP contribution in [0.5, 0.6) is 0 Å². The van der Waals surface area contributed by atoms with Crippen LogP contribution in [0.1, 0.15) is 11.4 Å². The van der Waals surface area contributed by atoms with Crippen molar-refractivity contribution in [3.8, 4) is 0 Å². The lowest BCUT2D eigenvalue weighted by Crippen LogP contribution is -2.14. The van der Waals surface area contributed by atoms with Crippen molar-refractivity contribution >= 4 is 29.4 Å². The minimum Gasteiger partial charge on any atom is -0.369 e. The highest BCUT2D eigenvalue weighted by atomic mass is 32.2. The topological polar surface area (TPSA) is 73.8 Å². The van der Waals surface area contributed by atoms with Gasteiger partial charge >= 0.3 is 0 Å². The second-order valence-electron chi connectivity index (χ2n) is 4.65. The molecule has 0 bridgehead atoms. The van der Waals surface area contributed by atoms with Crippen LogP contribution in [0, 0.1) is 6.92 Å². The van der Waals surface area contributed by atoms with Crippen LogP contribution < -0.4 is 5.73 Å². The number of amides is 1. The molecule has 1 amide bonds. The normalized spacial score (nSPS) is 10.6. The van der Waals surface area contributed by atoms with Gasteiger partial charge in [0.2, 0.25) is 5.91 Å². The molecule has 7 heteroatoms. The molecule has 0 aliphatic rings. The Hall–Kier alpha value is -1.73. The smallest absolute Gasteiger partial charge is 0.227 e. The Morgan fingerprint density at radius 3 is 2.68 bits per heavy atom. The molecule has 0 aliphatic carbocycles. The van der Waals surface area contributed by atoms with E-state index in [1.165, 1.54) is 22.2 Å². The summed E-state index contributed by atoms with van der Waals surface area (Å²) in [6.45, 7) is 6.43. The lowest BCUT2D eigenvalue weighted by molar-refractivity contribution is -0.115. The standard InChI is InChI=1S/C15H18N4OS2/c1-3-8-19-14(17-18-15(19)22-9-13(16)20)10-21-12-6-4-11(2)5-7-12/h3-7H,1,8-10H2,2H3,(H2,16,20). The van der Waals surface area contributed by atoms with Gasteiger partial charge in [-0.05, 0) is 19.1 Å². The van der Waals surface area contributed by atoms with Gasteiger partial charge in [0, 0.05) is 11.4 Å². The Morgan fingerprint density at radius 2 is 2.05 bits per heavy atom. The molecule has 0 saturated heterocycles. The van der Waals surface area contributed by atoms with E-state index in [-0.39, 0.29) is 11.7 Å². The van der Waals surface area contributed by atoms with E-state index < -0.39 is 0 Å². The molecule has 116 valence electrons. The van der Waals surface area contributed by atoms with E-state index in [1.807, 2.05) is 4.57 Å². The Bertz CT molecular complexity index is 652. The summed E-state index contributed by atoms with van der Waals surface area (Å²) in [6.07, 6.45) is 1.79. The number of aryl methyl sites for hydroxylation is 1. The molecule has 0 saturated carbocycles. The lowest BCUT2D eigenvalue weighted by Gasteiger charge is -2.07. The number of carbonyl (C=O) groups excluding carboxylic acids is 1. The highest BCUT2D eigenvalue weighted by molar-refractivity contribution is 7.99. The SMILES string of the molecule is C=CCn1c(CSc2ccc(C)cc2)nnc1SCC(N)=O. The number of hydrogen-bond acceptors (Lipinski definition) is 5. The number of allylic oxidation sites excluding steroid dienone is 1. The third-order valence-electron chi connectivity index (χ3n) is 2.84. The first-order chi connectivity index (χ1) is 10.6. The molecule has 0 spiro atoms. The van der Waals surface area contributed by atoms with Crippen LogP contribution in [0.4, 0.5) is 0 Å². The predicted molar refractivity (Wildman–Crippen MR) is 90.9 cm³/mol. The predicted octanol–water partition coefficient (Wildman–Crippen LogP) is 2.64. The van der Waals surface area contributed by atoms with Crippen LogP contribution in [0.25, 0.3) is 0 Å². The van der Waals surface area contributed by atoms with Crippen LogP contribution in [-0.2, 0) is 17.1 Å². The van der Waals surface area contributed by atoms with Gasteiger partial charge in [-0.25, -0.2) is 0 Å². The van der Waals surface area contributed by atoms with Gasteiger partial charge in [-0.15, -0.1) is 28.5 Å². The molecule has 0 radical (unpaired) electrons. The van der Waals surface area contributed by atoms with E-state index in [1.54, 1.807) is 17.8 Å². The highest BCUT2D eigenvalue weighted by Gasteiger charge is 2.12. The van der Waals surface area contributed by atoms with Gasteiger partial charge < -0.3 is 10.3 Å². The molecule has 1 heterocycles. The number of aromatic nitrogens is 3. The number of benzene rings is 1. The van der Waals surface area contributed by atoms with E-state index >= 15 is 0 Å². The molecule has 2 aromatic rings. The number of hydrogen-bond donors (Lipinski definition) is 1. The minimum atomic E-state index is -0.367. The van der Waals surface area contributed by atoms with Crippen molar-refractivity contribution in [3.05, 3.63) is 48.3 Å². The molecule has 0 aliphatic heterocycles. The summed E-state index contributed by atoms with van der Waals surface area (Å²) in [4.78, 5) is 12.1. The van der Waals surface area contributed by atoms with E-state index in [0.29, 0.717) is 17.5 Å². The van der Waals surface area contributed by atoms with Gasteiger partial charge in [0.25, 0.3) is 0 Å². The lowest BCUT2D eigenvalue weighted by atomic mass is 10.2. The first-order valence-electron chi connectivity index (χ1n) is 6.73. The number of nitrogens with zero attached hydrogens (tertiary/aromatic N) is 3. The fourth-order valence-electron chi connectivity index (χ4n) is 1.76. The zero-order valence-corrected chi connectivity index (χ0v) is 14.0. The molecule has 1 aromatic heterocycles. The maximum absolute atomic E-state index is 10.9. The van der Waals surface area contributed by atoms with E-state index in [9.17, 15) is 4.79 Å². The molecule has 2 N–H and O–H groups in total. The van der Waals surface area contributed by atoms with Crippen LogP contribution >= 0.6 is 23.5 Å². The second-order valence-corrected chi connectivity index (χ2v) is 6.65. The molecule has 0 fully saturated rings. The third-order valence-corrected chi connectivity index (χ3v) is 4.83. The monoisotopic (exact) mass is 334 g/mol. The summed E-state index contributed by atoms with van der Waals surface area (Å²) in [5.74, 6) is 1.40. The van der Waals surface area contributed by atoms with E-state index in [4.69, 9.17) is 5.73 Å². The minimum absolute atomic E-state index is 0.195. The number of rotatable bonds is 8. The highest BCUT2D eigenvalue weighted by Crippen LogP contribution is 2.24. The summed E-state index contributed by atoms with van der Waals surface area (Å²) >= 11 is 3.00.